The van der Waals surface area contributed by atoms with Gasteiger partial charge in [-0.05, 0) is 56.3 Å². The predicted octanol–water partition coefficient (Wildman–Crippen LogP) is 3.65. The third kappa shape index (κ3) is 4.87. The van der Waals surface area contributed by atoms with Gasteiger partial charge in [-0.25, -0.2) is 0 Å². The summed E-state index contributed by atoms with van der Waals surface area (Å²) in [5, 5.41) is 8.40. The van der Waals surface area contributed by atoms with Crippen molar-refractivity contribution in [3.05, 3.63) is 83.8 Å². The Kier molecular flexibility index (Phi) is 6.18. The van der Waals surface area contributed by atoms with Crippen LogP contribution in [-0.2, 0) is 11.3 Å². The van der Waals surface area contributed by atoms with Gasteiger partial charge in [-0.3, -0.25) is 19.3 Å². The number of aromatic nitrogens is 3. The van der Waals surface area contributed by atoms with E-state index in [1.807, 2.05) is 79.4 Å². The van der Waals surface area contributed by atoms with E-state index >= 15 is 0 Å². The number of carbonyl (C=O) groups is 2. The second-order valence-corrected chi connectivity index (χ2v) is 8.83. The van der Waals surface area contributed by atoms with Crippen LogP contribution in [0.3, 0.4) is 0 Å². The van der Waals surface area contributed by atoms with Gasteiger partial charge in [-0.15, -0.1) is 0 Å². The molecule has 0 saturated carbocycles. The van der Waals surface area contributed by atoms with Crippen molar-refractivity contribution >= 4 is 34.1 Å². The predicted molar refractivity (Wildman–Crippen MR) is 137 cm³/mol. The number of hydrogen-bond donors (Lipinski definition) is 1. The molecule has 2 aromatic heterocycles. The molecular weight excluding hydrogens is 440 g/mol. The summed E-state index contributed by atoms with van der Waals surface area (Å²) in [6.45, 7) is 6.67. The quantitative estimate of drug-likeness (QED) is 0.483. The second-order valence-electron chi connectivity index (χ2n) is 8.83. The van der Waals surface area contributed by atoms with E-state index in [0.29, 0.717) is 31.7 Å². The van der Waals surface area contributed by atoms with Crippen molar-refractivity contribution in [1.82, 2.24) is 19.7 Å². The van der Waals surface area contributed by atoms with Crippen molar-refractivity contribution in [3.63, 3.8) is 0 Å². The SMILES string of the molecule is Cc1cc(C)n(CC(=O)N2CCN(c3ccccc3C(=O)Nc3ccc4ncccc4c3)CC2)n1. The molecule has 0 atom stereocenters. The van der Waals surface area contributed by atoms with Crippen LogP contribution < -0.4 is 10.2 Å². The zero-order valence-electron chi connectivity index (χ0n) is 19.9. The monoisotopic (exact) mass is 468 g/mol. The van der Waals surface area contributed by atoms with E-state index in [-0.39, 0.29) is 18.4 Å². The Labute approximate surface area is 204 Å². The molecule has 0 aliphatic carbocycles. The van der Waals surface area contributed by atoms with E-state index in [1.165, 1.54) is 0 Å². The number of amides is 2. The standard InChI is InChI=1S/C27H28N6O2/c1-19-16-20(2)33(30-19)18-26(34)32-14-12-31(13-15-32)25-8-4-3-7-23(25)27(35)29-22-9-10-24-21(17-22)6-5-11-28-24/h3-11,16-17H,12-15,18H2,1-2H3,(H,29,35). The van der Waals surface area contributed by atoms with Crippen LogP contribution >= 0.6 is 0 Å². The Bertz CT molecular complexity index is 1390. The molecule has 0 radical (unpaired) electrons. The van der Waals surface area contributed by atoms with Crippen LogP contribution in [-0.4, -0.2) is 57.7 Å². The highest BCUT2D eigenvalue weighted by molar-refractivity contribution is 6.08. The van der Waals surface area contributed by atoms with Crippen LogP contribution in [0.25, 0.3) is 10.9 Å². The number of carbonyl (C=O) groups excluding carboxylic acids is 2. The van der Waals surface area contributed by atoms with E-state index in [0.717, 1.165) is 33.7 Å². The first kappa shape index (κ1) is 22.6. The van der Waals surface area contributed by atoms with Crippen LogP contribution in [0.1, 0.15) is 21.7 Å². The van der Waals surface area contributed by atoms with Crippen LogP contribution in [0, 0.1) is 13.8 Å². The van der Waals surface area contributed by atoms with Crippen molar-refractivity contribution in [2.75, 3.05) is 36.4 Å². The van der Waals surface area contributed by atoms with Gasteiger partial charge in [0.15, 0.2) is 0 Å². The van der Waals surface area contributed by atoms with Crippen molar-refractivity contribution in [2.45, 2.75) is 20.4 Å². The molecule has 4 aromatic rings. The third-order valence-electron chi connectivity index (χ3n) is 6.37. The zero-order valence-corrected chi connectivity index (χ0v) is 19.9. The van der Waals surface area contributed by atoms with Gasteiger partial charge in [0.2, 0.25) is 5.91 Å². The summed E-state index contributed by atoms with van der Waals surface area (Å²) < 4.78 is 1.76. The maximum Gasteiger partial charge on any atom is 0.257 e. The van der Waals surface area contributed by atoms with Crippen LogP contribution in [0.4, 0.5) is 11.4 Å². The molecule has 35 heavy (non-hydrogen) atoms. The number of benzene rings is 2. The van der Waals surface area contributed by atoms with Gasteiger partial charge in [0.25, 0.3) is 5.91 Å². The summed E-state index contributed by atoms with van der Waals surface area (Å²) in [5.41, 5.74) is 4.99. The molecule has 178 valence electrons. The second kappa shape index (κ2) is 9.58. The first-order chi connectivity index (χ1) is 17.0. The Morgan fingerprint density at radius 3 is 2.51 bits per heavy atom. The molecule has 0 bridgehead atoms. The first-order valence-electron chi connectivity index (χ1n) is 11.8. The summed E-state index contributed by atoms with van der Waals surface area (Å²) in [7, 11) is 0. The minimum Gasteiger partial charge on any atom is -0.367 e. The summed E-state index contributed by atoms with van der Waals surface area (Å²) >= 11 is 0. The highest BCUT2D eigenvalue weighted by atomic mass is 16.2. The number of hydrogen-bond acceptors (Lipinski definition) is 5. The number of nitrogens with zero attached hydrogens (tertiary/aromatic N) is 5. The number of piperazine rings is 1. The van der Waals surface area contributed by atoms with Crippen molar-refractivity contribution in [2.24, 2.45) is 0 Å². The molecular formula is C27H28N6O2. The Balaban J connectivity index is 1.25. The highest BCUT2D eigenvalue weighted by Gasteiger charge is 2.24. The summed E-state index contributed by atoms with van der Waals surface area (Å²) in [6.07, 6.45) is 1.75. The van der Waals surface area contributed by atoms with E-state index in [9.17, 15) is 9.59 Å². The minimum atomic E-state index is -0.160. The molecule has 3 heterocycles. The fraction of sp³-hybridized carbons (Fsp3) is 0.259. The fourth-order valence-electron chi connectivity index (χ4n) is 4.55. The van der Waals surface area contributed by atoms with Crippen LogP contribution in [0.15, 0.2) is 66.9 Å². The van der Waals surface area contributed by atoms with E-state index in [2.05, 4.69) is 20.3 Å². The van der Waals surface area contributed by atoms with Gasteiger partial charge in [0.1, 0.15) is 6.54 Å². The maximum atomic E-state index is 13.2. The topological polar surface area (TPSA) is 83.4 Å². The minimum absolute atomic E-state index is 0.0627. The molecule has 2 aromatic carbocycles. The highest BCUT2D eigenvalue weighted by Crippen LogP contribution is 2.24. The normalized spacial score (nSPS) is 13.8. The molecule has 0 unspecified atom stereocenters. The summed E-state index contributed by atoms with van der Waals surface area (Å²) in [4.78, 5) is 34.4. The number of fused-ring (bicyclic) bond motifs is 1. The average Bonchev–Trinajstić information content (AvgIpc) is 3.20. The largest absolute Gasteiger partial charge is 0.367 e. The van der Waals surface area contributed by atoms with Crippen molar-refractivity contribution < 1.29 is 9.59 Å². The molecule has 2 amide bonds. The van der Waals surface area contributed by atoms with E-state index in [4.69, 9.17) is 0 Å². The molecule has 1 saturated heterocycles. The Morgan fingerprint density at radius 2 is 1.74 bits per heavy atom. The molecule has 8 heteroatoms. The average molecular weight is 469 g/mol. The Hall–Kier alpha value is -4.20. The molecule has 1 N–H and O–H groups in total. The number of nitrogens with one attached hydrogen (secondary N) is 1. The van der Waals surface area contributed by atoms with Gasteiger partial charge in [-0.2, -0.15) is 5.10 Å². The molecule has 1 aliphatic heterocycles. The van der Waals surface area contributed by atoms with Gasteiger partial charge in [0.05, 0.1) is 16.8 Å². The van der Waals surface area contributed by atoms with Crippen molar-refractivity contribution in [3.8, 4) is 0 Å². The van der Waals surface area contributed by atoms with Crippen LogP contribution in [0.2, 0.25) is 0 Å². The fourth-order valence-corrected chi connectivity index (χ4v) is 4.55. The first-order valence-corrected chi connectivity index (χ1v) is 11.8. The van der Waals surface area contributed by atoms with Gasteiger partial charge in [0, 0.05) is 54.8 Å². The number of aryl methyl sites for hydroxylation is 2. The zero-order chi connectivity index (χ0) is 24.4. The van der Waals surface area contributed by atoms with E-state index in [1.54, 1.807) is 10.9 Å². The Morgan fingerprint density at radius 1 is 0.943 bits per heavy atom. The number of para-hydroxylation sites is 1. The molecule has 1 fully saturated rings. The summed E-state index contributed by atoms with van der Waals surface area (Å²) in [6, 6.07) is 19.1. The van der Waals surface area contributed by atoms with Gasteiger partial charge < -0.3 is 15.1 Å². The molecule has 8 nitrogen and oxygen atoms in total. The van der Waals surface area contributed by atoms with Crippen molar-refractivity contribution in [1.29, 1.82) is 0 Å². The van der Waals surface area contributed by atoms with Gasteiger partial charge in [-0.1, -0.05) is 18.2 Å². The van der Waals surface area contributed by atoms with Gasteiger partial charge >= 0.3 is 0 Å². The lowest BCUT2D eigenvalue weighted by Gasteiger charge is -2.37. The smallest absolute Gasteiger partial charge is 0.257 e. The third-order valence-corrected chi connectivity index (χ3v) is 6.37. The number of anilines is 2. The van der Waals surface area contributed by atoms with E-state index < -0.39 is 0 Å². The number of rotatable bonds is 5. The molecule has 5 rings (SSSR count). The maximum absolute atomic E-state index is 13.2. The molecule has 0 spiro atoms. The lowest BCUT2D eigenvalue weighted by molar-refractivity contribution is -0.132. The van der Waals surface area contributed by atoms with Crippen LogP contribution in [0.5, 0.6) is 0 Å². The summed E-state index contributed by atoms with van der Waals surface area (Å²) in [5.74, 6) is -0.0976. The molecule has 1 aliphatic rings. The lowest BCUT2D eigenvalue weighted by Crippen LogP contribution is -2.50. The number of pyridine rings is 1. The lowest BCUT2D eigenvalue weighted by atomic mass is 10.1.